The van der Waals surface area contributed by atoms with Gasteiger partial charge in [0, 0.05) is 43.9 Å². The highest BCUT2D eigenvalue weighted by molar-refractivity contribution is 5.66. The van der Waals surface area contributed by atoms with E-state index < -0.39 is 0 Å². The molecular formula is C15H23N3O. The maximum Gasteiger partial charge on any atom is 0.0565 e. The van der Waals surface area contributed by atoms with Crippen LogP contribution in [0.3, 0.4) is 0 Å². The molecule has 1 aromatic heterocycles. The third kappa shape index (κ3) is 2.74. The van der Waals surface area contributed by atoms with Gasteiger partial charge in [-0.15, -0.1) is 0 Å². The number of hydrogen-bond acceptors (Lipinski definition) is 3. The van der Waals surface area contributed by atoms with Gasteiger partial charge in [0.2, 0.25) is 0 Å². The second kappa shape index (κ2) is 4.76. The molecule has 1 atom stereocenters. The first kappa shape index (κ1) is 12.9. The largest absolute Gasteiger partial charge is 0.380 e. The zero-order valence-corrected chi connectivity index (χ0v) is 12.1. The van der Waals surface area contributed by atoms with Crippen molar-refractivity contribution in [3.63, 3.8) is 0 Å². The van der Waals surface area contributed by atoms with Crippen LogP contribution in [0.15, 0.2) is 18.5 Å². The molecule has 0 bridgehead atoms. The summed E-state index contributed by atoms with van der Waals surface area (Å²) in [6, 6.07) is 0. The molecular weight excluding hydrogens is 238 g/mol. The number of rotatable bonds is 3. The summed E-state index contributed by atoms with van der Waals surface area (Å²) in [4.78, 5) is 2.56. The summed E-state index contributed by atoms with van der Waals surface area (Å²) in [7, 11) is 1.97. The van der Waals surface area contributed by atoms with Crippen LogP contribution in [0, 0.1) is 11.3 Å². The Bertz CT molecular complexity index is 487. The first-order valence-corrected chi connectivity index (χ1v) is 7.04. The van der Waals surface area contributed by atoms with E-state index in [9.17, 15) is 0 Å². The Morgan fingerprint density at radius 1 is 1.47 bits per heavy atom. The minimum Gasteiger partial charge on any atom is -0.380 e. The molecule has 3 heterocycles. The molecule has 4 heteroatoms. The van der Waals surface area contributed by atoms with Crippen LogP contribution in [-0.4, -0.2) is 47.5 Å². The molecule has 19 heavy (non-hydrogen) atoms. The molecule has 1 fully saturated rings. The molecule has 0 saturated carbocycles. The summed E-state index contributed by atoms with van der Waals surface area (Å²) in [6.45, 7) is 9.75. The molecule has 0 aliphatic carbocycles. The van der Waals surface area contributed by atoms with Gasteiger partial charge in [-0.25, -0.2) is 0 Å². The lowest BCUT2D eigenvalue weighted by Crippen LogP contribution is -2.50. The Hall–Kier alpha value is -1.13. The van der Waals surface area contributed by atoms with Crippen molar-refractivity contribution in [2.75, 3.05) is 32.8 Å². The van der Waals surface area contributed by atoms with Crippen LogP contribution >= 0.6 is 0 Å². The lowest BCUT2D eigenvalue weighted by Gasteiger charge is -2.43. The Morgan fingerprint density at radius 3 is 2.84 bits per heavy atom. The smallest absolute Gasteiger partial charge is 0.0565 e. The van der Waals surface area contributed by atoms with E-state index in [2.05, 4.69) is 36.1 Å². The molecule has 0 spiro atoms. The average molecular weight is 261 g/mol. The van der Waals surface area contributed by atoms with E-state index in [1.54, 1.807) is 0 Å². The monoisotopic (exact) mass is 261 g/mol. The number of nitrogens with zero attached hydrogens (tertiary/aromatic N) is 3. The number of aryl methyl sites for hydroxylation is 1. The summed E-state index contributed by atoms with van der Waals surface area (Å²) in [6.07, 6.45) is 6.47. The lowest BCUT2D eigenvalue weighted by molar-refractivity contribution is -0.114. The predicted molar refractivity (Wildman–Crippen MR) is 75.7 cm³/mol. The average Bonchev–Trinajstić information content (AvgIpc) is 2.73. The molecule has 4 nitrogen and oxygen atoms in total. The Kier molecular flexibility index (Phi) is 3.23. The van der Waals surface area contributed by atoms with Gasteiger partial charge in [0.25, 0.3) is 0 Å². The second-order valence-corrected chi connectivity index (χ2v) is 6.54. The summed E-state index contributed by atoms with van der Waals surface area (Å²) in [5.74, 6) is 0.605. The van der Waals surface area contributed by atoms with Gasteiger partial charge in [-0.2, -0.15) is 5.10 Å². The van der Waals surface area contributed by atoms with Crippen LogP contribution < -0.4 is 0 Å². The first-order chi connectivity index (χ1) is 9.04. The molecule has 104 valence electrons. The third-order valence-corrected chi connectivity index (χ3v) is 4.01. The van der Waals surface area contributed by atoms with E-state index in [0.717, 1.165) is 32.8 Å². The van der Waals surface area contributed by atoms with Gasteiger partial charge in [-0.1, -0.05) is 19.9 Å². The van der Waals surface area contributed by atoms with Crippen molar-refractivity contribution in [3.05, 3.63) is 24.0 Å². The lowest BCUT2D eigenvalue weighted by atomic mass is 9.86. The number of aromatic nitrogens is 2. The van der Waals surface area contributed by atoms with E-state index in [1.165, 1.54) is 11.1 Å². The normalized spacial score (nSPS) is 26.9. The van der Waals surface area contributed by atoms with E-state index in [4.69, 9.17) is 4.74 Å². The molecule has 1 saturated heterocycles. The van der Waals surface area contributed by atoms with E-state index >= 15 is 0 Å². The van der Waals surface area contributed by atoms with Crippen LogP contribution in [0.4, 0.5) is 0 Å². The Morgan fingerprint density at radius 2 is 2.26 bits per heavy atom. The van der Waals surface area contributed by atoms with Crippen LogP contribution in [0.2, 0.25) is 0 Å². The van der Waals surface area contributed by atoms with Crippen molar-refractivity contribution in [2.45, 2.75) is 13.8 Å². The number of ether oxygens (including phenoxy) is 1. The molecule has 1 aromatic rings. The zero-order valence-electron chi connectivity index (χ0n) is 12.1. The zero-order chi connectivity index (χ0) is 13.5. The topological polar surface area (TPSA) is 30.3 Å². The highest BCUT2D eigenvalue weighted by Gasteiger charge is 2.36. The van der Waals surface area contributed by atoms with Crippen molar-refractivity contribution in [2.24, 2.45) is 18.4 Å². The van der Waals surface area contributed by atoms with Gasteiger partial charge in [0.1, 0.15) is 0 Å². The SMILES string of the molecule is CC1C=C(c2cnn(C)c2)CN(CC2(C)COC2)C1. The molecule has 0 N–H and O–H groups in total. The molecule has 0 radical (unpaired) electrons. The third-order valence-electron chi connectivity index (χ3n) is 4.01. The Labute approximate surface area is 115 Å². The van der Waals surface area contributed by atoms with E-state index in [0.29, 0.717) is 11.3 Å². The van der Waals surface area contributed by atoms with Gasteiger partial charge in [0.15, 0.2) is 0 Å². The Balaban J connectivity index is 1.72. The highest BCUT2D eigenvalue weighted by Crippen LogP contribution is 2.31. The fourth-order valence-corrected chi connectivity index (χ4v) is 3.14. The summed E-state index contributed by atoms with van der Waals surface area (Å²) >= 11 is 0. The fourth-order valence-electron chi connectivity index (χ4n) is 3.14. The van der Waals surface area contributed by atoms with Crippen molar-refractivity contribution < 1.29 is 4.74 Å². The number of hydrogen-bond donors (Lipinski definition) is 0. The van der Waals surface area contributed by atoms with Gasteiger partial charge in [-0.05, 0) is 11.5 Å². The molecule has 3 rings (SSSR count). The highest BCUT2D eigenvalue weighted by atomic mass is 16.5. The van der Waals surface area contributed by atoms with Crippen LogP contribution in [0.5, 0.6) is 0 Å². The molecule has 1 unspecified atom stereocenters. The van der Waals surface area contributed by atoms with Gasteiger partial charge in [0.05, 0.1) is 19.4 Å². The van der Waals surface area contributed by atoms with Crippen molar-refractivity contribution in [3.8, 4) is 0 Å². The van der Waals surface area contributed by atoms with Crippen LogP contribution in [-0.2, 0) is 11.8 Å². The van der Waals surface area contributed by atoms with Gasteiger partial charge < -0.3 is 4.74 Å². The molecule has 2 aliphatic rings. The van der Waals surface area contributed by atoms with Crippen LogP contribution in [0.25, 0.3) is 5.57 Å². The molecule has 0 amide bonds. The van der Waals surface area contributed by atoms with E-state index in [1.807, 2.05) is 17.9 Å². The van der Waals surface area contributed by atoms with Gasteiger partial charge in [-0.3, -0.25) is 9.58 Å². The maximum absolute atomic E-state index is 5.37. The summed E-state index contributed by atoms with van der Waals surface area (Å²) in [5.41, 5.74) is 3.03. The van der Waals surface area contributed by atoms with Crippen molar-refractivity contribution >= 4 is 5.57 Å². The van der Waals surface area contributed by atoms with Gasteiger partial charge >= 0.3 is 0 Å². The molecule has 0 aromatic carbocycles. The second-order valence-electron chi connectivity index (χ2n) is 6.54. The van der Waals surface area contributed by atoms with E-state index in [-0.39, 0.29) is 0 Å². The molecule has 2 aliphatic heterocycles. The minimum absolute atomic E-state index is 0.358. The predicted octanol–water partition coefficient (Wildman–Crippen LogP) is 1.79. The summed E-state index contributed by atoms with van der Waals surface area (Å²) in [5, 5.41) is 4.28. The fraction of sp³-hybridized carbons (Fsp3) is 0.667. The van der Waals surface area contributed by atoms with Crippen LogP contribution in [0.1, 0.15) is 19.4 Å². The van der Waals surface area contributed by atoms with Crippen molar-refractivity contribution in [1.29, 1.82) is 0 Å². The quantitative estimate of drug-likeness (QED) is 0.831. The van der Waals surface area contributed by atoms with Crippen molar-refractivity contribution in [1.82, 2.24) is 14.7 Å². The minimum atomic E-state index is 0.358. The first-order valence-electron chi connectivity index (χ1n) is 7.04. The maximum atomic E-state index is 5.37. The standard InChI is InChI=1S/C15H23N3O/c1-12-4-13(14-5-16-17(3)7-14)8-18(6-12)9-15(2)10-19-11-15/h4-5,7,12H,6,8-11H2,1-3H3. The summed E-state index contributed by atoms with van der Waals surface area (Å²) < 4.78 is 7.24.